The molecule has 0 aromatic heterocycles. The third kappa shape index (κ3) is 2.74. The van der Waals surface area contributed by atoms with Gasteiger partial charge in [-0.15, -0.1) is 0 Å². The molecule has 0 aliphatic carbocycles. The summed E-state index contributed by atoms with van der Waals surface area (Å²) in [5.41, 5.74) is 0. The highest BCUT2D eigenvalue weighted by atomic mass is 16.2. The molecule has 1 saturated heterocycles. The van der Waals surface area contributed by atoms with Crippen LogP contribution in [0.1, 0.15) is 27.7 Å². The van der Waals surface area contributed by atoms with Crippen LogP contribution in [0.25, 0.3) is 0 Å². The van der Waals surface area contributed by atoms with Crippen molar-refractivity contribution in [2.75, 3.05) is 32.7 Å². The molecule has 4 nitrogen and oxygen atoms in total. The fourth-order valence-electron chi connectivity index (χ4n) is 2.30. The third-order valence-corrected chi connectivity index (χ3v) is 3.52. The summed E-state index contributed by atoms with van der Waals surface area (Å²) in [6, 6.07) is 0.552. The molecular weight excluding hydrogens is 202 g/mol. The van der Waals surface area contributed by atoms with Crippen molar-refractivity contribution in [1.29, 1.82) is 0 Å². The molecule has 1 atom stereocenters. The van der Waals surface area contributed by atoms with Crippen molar-refractivity contribution in [1.82, 2.24) is 15.1 Å². The van der Waals surface area contributed by atoms with Crippen molar-refractivity contribution in [3.8, 4) is 0 Å². The lowest BCUT2D eigenvalue weighted by Crippen LogP contribution is -2.62. The first-order valence-electron chi connectivity index (χ1n) is 6.40. The zero-order valence-electron chi connectivity index (χ0n) is 11.0. The van der Waals surface area contributed by atoms with Crippen molar-refractivity contribution in [3.63, 3.8) is 0 Å². The van der Waals surface area contributed by atoms with Gasteiger partial charge >= 0.3 is 0 Å². The van der Waals surface area contributed by atoms with Crippen LogP contribution in [0.15, 0.2) is 0 Å². The van der Waals surface area contributed by atoms with E-state index in [-0.39, 0.29) is 11.9 Å². The van der Waals surface area contributed by atoms with Gasteiger partial charge in [0.25, 0.3) is 0 Å². The van der Waals surface area contributed by atoms with Gasteiger partial charge in [0.05, 0.1) is 6.04 Å². The zero-order chi connectivity index (χ0) is 12.1. The summed E-state index contributed by atoms with van der Waals surface area (Å²) in [4.78, 5) is 16.4. The Balaban J connectivity index is 2.58. The predicted octanol–water partition coefficient (Wildman–Crippen LogP) is 0.537. The van der Waals surface area contributed by atoms with E-state index in [1.807, 2.05) is 25.7 Å². The highest BCUT2D eigenvalue weighted by Crippen LogP contribution is 2.11. The maximum atomic E-state index is 12.2. The van der Waals surface area contributed by atoms with Gasteiger partial charge in [0.15, 0.2) is 0 Å². The molecular formula is C12H25N3O. The minimum absolute atomic E-state index is 0.0111. The Hall–Kier alpha value is -0.610. The molecule has 1 aliphatic rings. The average Bonchev–Trinajstić information content (AvgIpc) is 2.23. The van der Waals surface area contributed by atoms with E-state index in [1.54, 1.807) is 0 Å². The summed E-state index contributed by atoms with van der Waals surface area (Å²) < 4.78 is 0. The van der Waals surface area contributed by atoms with Gasteiger partial charge in [-0.25, -0.2) is 0 Å². The number of carbonyl (C=O) groups excluding carboxylic acids is 1. The molecule has 1 amide bonds. The van der Waals surface area contributed by atoms with E-state index in [9.17, 15) is 4.79 Å². The quantitative estimate of drug-likeness (QED) is 0.719. The molecule has 0 bridgehead atoms. The van der Waals surface area contributed by atoms with Crippen molar-refractivity contribution < 1.29 is 4.79 Å². The maximum Gasteiger partial charge on any atom is 0.239 e. The summed E-state index contributed by atoms with van der Waals surface area (Å²) in [6.45, 7) is 12.8. The third-order valence-electron chi connectivity index (χ3n) is 3.52. The summed E-state index contributed by atoms with van der Waals surface area (Å²) in [7, 11) is 0. The molecule has 1 aliphatic heterocycles. The molecule has 1 unspecified atom stereocenters. The second-order valence-electron chi connectivity index (χ2n) is 4.33. The molecule has 4 heteroatoms. The van der Waals surface area contributed by atoms with E-state index in [0.29, 0.717) is 6.04 Å². The average molecular weight is 227 g/mol. The topological polar surface area (TPSA) is 35.6 Å². The van der Waals surface area contributed by atoms with E-state index in [0.717, 1.165) is 32.7 Å². The van der Waals surface area contributed by atoms with Gasteiger partial charge in [-0.2, -0.15) is 0 Å². The number of nitrogens with zero attached hydrogens (tertiary/aromatic N) is 2. The Morgan fingerprint density at radius 2 is 1.81 bits per heavy atom. The lowest BCUT2D eigenvalue weighted by atomic mass is 10.1. The summed E-state index contributed by atoms with van der Waals surface area (Å²) in [5.74, 6) is 0.263. The predicted molar refractivity (Wildman–Crippen MR) is 66.4 cm³/mol. The molecule has 1 fully saturated rings. The number of rotatable bonds is 6. The lowest BCUT2D eigenvalue weighted by Gasteiger charge is -2.41. The summed E-state index contributed by atoms with van der Waals surface area (Å²) in [5, 5.41) is 3.26. The Labute approximate surface area is 99.0 Å². The molecule has 16 heavy (non-hydrogen) atoms. The fourth-order valence-corrected chi connectivity index (χ4v) is 2.30. The number of likely N-dealkylation sites (N-methyl/N-ethyl adjacent to an activating group) is 2. The van der Waals surface area contributed by atoms with E-state index < -0.39 is 0 Å². The van der Waals surface area contributed by atoms with Gasteiger partial charge < -0.3 is 10.2 Å². The number of nitrogens with one attached hydrogen (secondary N) is 1. The van der Waals surface area contributed by atoms with Crippen LogP contribution in [0.4, 0.5) is 0 Å². The maximum absolute atomic E-state index is 12.2. The van der Waals surface area contributed by atoms with Crippen LogP contribution < -0.4 is 5.32 Å². The molecule has 1 N–H and O–H groups in total. The highest BCUT2D eigenvalue weighted by molar-refractivity contribution is 5.81. The number of amides is 1. The molecule has 0 aromatic carbocycles. The first-order chi connectivity index (χ1) is 7.65. The van der Waals surface area contributed by atoms with Crippen molar-refractivity contribution >= 4 is 5.91 Å². The fraction of sp³-hybridized carbons (Fsp3) is 0.917. The van der Waals surface area contributed by atoms with Crippen LogP contribution in [-0.4, -0.2) is 60.5 Å². The largest absolute Gasteiger partial charge is 0.342 e. The van der Waals surface area contributed by atoms with Gasteiger partial charge in [0.2, 0.25) is 5.91 Å². The summed E-state index contributed by atoms with van der Waals surface area (Å²) in [6.07, 6.45) is 0. The van der Waals surface area contributed by atoms with Gasteiger partial charge in [-0.3, -0.25) is 9.69 Å². The molecule has 0 saturated carbocycles. The van der Waals surface area contributed by atoms with Crippen molar-refractivity contribution in [2.45, 2.75) is 39.8 Å². The van der Waals surface area contributed by atoms with Crippen LogP contribution in [0, 0.1) is 0 Å². The van der Waals surface area contributed by atoms with Gasteiger partial charge in [-0.05, 0) is 27.3 Å². The first-order valence-corrected chi connectivity index (χ1v) is 6.40. The van der Waals surface area contributed by atoms with Gasteiger partial charge in [-0.1, -0.05) is 6.92 Å². The highest BCUT2D eigenvalue weighted by Gasteiger charge is 2.31. The van der Waals surface area contributed by atoms with Crippen molar-refractivity contribution in [2.24, 2.45) is 0 Å². The van der Waals surface area contributed by atoms with Crippen molar-refractivity contribution in [3.05, 3.63) is 0 Å². The Morgan fingerprint density at radius 1 is 1.25 bits per heavy atom. The first kappa shape index (κ1) is 13.5. The Bertz CT molecular complexity index is 224. The Kier molecular flexibility index (Phi) is 5.22. The van der Waals surface area contributed by atoms with Crippen LogP contribution >= 0.6 is 0 Å². The van der Waals surface area contributed by atoms with E-state index in [1.165, 1.54) is 0 Å². The van der Waals surface area contributed by atoms with Gasteiger partial charge in [0.1, 0.15) is 0 Å². The molecule has 1 heterocycles. The lowest BCUT2D eigenvalue weighted by molar-refractivity contribution is -0.137. The minimum atomic E-state index is 0.0111. The number of hydrogen-bond donors (Lipinski definition) is 1. The molecule has 94 valence electrons. The van der Waals surface area contributed by atoms with Crippen LogP contribution in [0.3, 0.4) is 0 Å². The number of carbonyl (C=O) groups is 1. The van der Waals surface area contributed by atoms with Crippen LogP contribution in [-0.2, 0) is 4.79 Å². The monoisotopic (exact) mass is 227 g/mol. The van der Waals surface area contributed by atoms with E-state index in [2.05, 4.69) is 17.1 Å². The zero-order valence-corrected chi connectivity index (χ0v) is 11.0. The Morgan fingerprint density at radius 3 is 2.12 bits per heavy atom. The summed E-state index contributed by atoms with van der Waals surface area (Å²) >= 11 is 0. The minimum Gasteiger partial charge on any atom is -0.342 e. The molecule has 0 spiro atoms. The normalized spacial score (nSPS) is 18.3. The molecule has 0 radical (unpaired) electrons. The van der Waals surface area contributed by atoms with Crippen LogP contribution in [0.2, 0.25) is 0 Å². The molecule has 0 aromatic rings. The second kappa shape index (κ2) is 6.21. The van der Waals surface area contributed by atoms with E-state index >= 15 is 0 Å². The molecule has 1 rings (SSSR count). The standard InChI is InChI=1S/C12H25N3O/c1-5-14(6-2)12(16)10(4)15(7-3)11-8-13-9-11/h10-11,13H,5-9H2,1-4H3. The number of hydrogen-bond acceptors (Lipinski definition) is 3. The van der Waals surface area contributed by atoms with Gasteiger partial charge in [0, 0.05) is 32.2 Å². The second-order valence-corrected chi connectivity index (χ2v) is 4.33. The van der Waals surface area contributed by atoms with E-state index in [4.69, 9.17) is 0 Å². The van der Waals surface area contributed by atoms with Crippen LogP contribution in [0.5, 0.6) is 0 Å². The smallest absolute Gasteiger partial charge is 0.239 e. The SMILES string of the molecule is CCN(CC)C(=O)C(C)N(CC)C1CNC1.